The third-order valence-corrected chi connectivity index (χ3v) is 3.87. The molecule has 3 aromatic rings. The van der Waals surface area contributed by atoms with Gasteiger partial charge in [0, 0.05) is 0 Å². The van der Waals surface area contributed by atoms with Crippen LogP contribution in [0.2, 0.25) is 0 Å². The highest BCUT2D eigenvalue weighted by molar-refractivity contribution is 5.87. The quantitative estimate of drug-likeness (QED) is 0.614. The van der Waals surface area contributed by atoms with Crippen LogP contribution in [0.1, 0.15) is 18.9 Å². The number of ether oxygens (including phenoxy) is 1. The van der Waals surface area contributed by atoms with Gasteiger partial charge in [0.05, 0.1) is 7.11 Å². The second kappa shape index (κ2) is 6.01. The summed E-state index contributed by atoms with van der Waals surface area (Å²) in [6.07, 6.45) is 2.34. The topological polar surface area (TPSA) is 9.23 Å². The van der Waals surface area contributed by atoms with Gasteiger partial charge in [-0.15, -0.1) is 0 Å². The summed E-state index contributed by atoms with van der Waals surface area (Å²) in [5.41, 5.74) is 3.88. The van der Waals surface area contributed by atoms with E-state index in [1.165, 1.54) is 33.9 Å². The van der Waals surface area contributed by atoms with E-state index >= 15 is 0 Å². The molecular formula is C20H20O. The number of benzene rings is 3. The van der Waals surface area contributed by atoms with Gasteiger partial charge in [-0.05, 0) is 52.1 Å². The molecule has 1 nitrogen and oxygen atoms in total. The third kappa shape index (κ3) is 2.92. The van der Waals surface area contributed by atoms with Crippen LogP contribution >= 0.6 is 0 Å². The van der Waals surface area contributed by atoms with Crippen LogP contribution in [-0.2, 0) is 6.42 Å². The van der Waals surface area contributed by atoms with Gasteiger partial charge >= 0.3 is 0 Å². The Morgan fingerprint density at radius 1 is 0.762 bits per heavy atom. The lowest BCUT2D eigenvalue weighted by Crippen LogP contribution is -1.85. The summed E-state index contributed by atoms with van der Waals surface area (Å²) in [4.78, 5) is 0. The SMILES string of the molecule is CCCc1ccc2cc(-c3ccc(OC)cc3)ccc2c1. The van der Waals surface area contributed by atoms with E-state index in [0.717, 1.165) is 12.2 Å². The highest BCUT2D eigenvalue weighted by Crippen LogP contribution is 2.26. The molecule has 0 bridgehead atoms. The minimum absolute atomic E-state index is 0.892. The summed E-state index contributed by atoms with van der Waals surface area (Å²) < 4.78 is 5.21. The highest BCUT2D eigenvalue weighted by Gasteiger charge is 2.01. The second-order valence-corrected chi connectivity index (χ2v) is 5.37. The van der Waals surface area contributed by atoms with Gasteiger partial charge < -0.3 is 4.74 Å². The van der Waals surface area contributed by atoms with E-state index < -0.39 is 0 Å². The molecule has 3 aromatic carbocycles. The van der Waals surface area contributed by atoms with Crippen LogP contribution < -0.4 is 4.74 Å². The van der Waals surface area contributed by atoms with Crippen molar-refractivity contribution in [2.45, 2.75) is 19.8 Å². The molecule has 0 aromatic heterocycles. The van der Waals surface area contributed by atoms with Crippen LogP contribution in [0, 0.1) is 0 Å². The summed E-state index contributed by atoms with van der Waals surface area (Å²) >= 11 is 0. The number of hydrogen-bond acceptors (Lipinski definition) is 1. The summed E-state index contributed by atoms with van der Waals surface area (Å²) in [5, 5.41) is 2.61. The molecule has 0 unspecified atom stereocenters. The van der Waals surface area contributed by atoms with Gasteiger partial charge in [0.2, 0.25) is 0 Å². The van der Waals surface area contributed by atoms with Crippen LogP contribution in [0.3, 0.4) is 0 Å². The van der Waals surface area contributed by atoms with Gasteiger partial charge in [0.25, 0.3) is 0 Å². The molecule has 3 rings (SSSR count). The van der Waals surface area contributed by atoms with Crippen molar-refractivity contribution in [3.05, 3.63) is 66.2 Å². The van der Waals surface area contributed by atoms with Gasteiger partial charge in [-0.1, -0.05) is 55.8 Å². The Labute approximate surface area is 126 Å². The maximum absolute atomic E-state index is 5.21. The number of hydrogen-bond donors (Lipinski definition) is 0. The zero-order valence-corrected chi connectivity index (χ0v) is 12.6. The minimum Gasteiger partial charge on any atom is -0.497 e. The molecule has 106 valence electrons. The van der Waals surface area contributed by atoms with Gasteiger partial charge in [0.1, 0.15) is 5.75 Å². The van der Waals surface area contributed by atoms with E-state index in [0.29, 0.717) is 0 Å². The molecule has 0 atom stereocenters. The van der Waals surface area contributed by atoms with Gasteiger partial charge in [-0.3, -0.25) is 0 Å². The Hall–Kier alpha value is -2.28. The van der Waals surface area contributed by atoms with Gasteiger partial charge in [-0.2, -0.15) is 0 Å². The van der Waals surface area contributed by atoms with Crippen molar-refractivity contribution >= 4 is 10.8 Å². The molecule has 0 N–H and O–H groups in total. The van der Waals surface area contributed by atoms with E-state index in [4.69, 9.17) is 4.74 Å². The summed E-state index contributed by atoms with van der Waals surface area (Å²) in [5.74, 6) is 0.892. The maximum Gasteiger partial charge on any atom is 0.118 e. The molecule has 21 heavy (non-hydrogen) atoms. The minimum atomic E-state index is 0.892. The van der Waals surface area contributed by atoms with Crippen molar-refractivity contribution in [3.8, 4) is 16.9 Å². The van der Waals surface area contributed by atoms with Crippen molar-refractivity contribution in [1.82, 2.24) is 0 Å². The fraction of sp³-hybridized carbons (Fsp3) is 0.200. The number of rotatable bonds is 4. The smallest absolute Gasteiger partial charge is 0.118 e. The zero-order valence-electron chi connectivity index (χ0n) is 12.6. The van der Waals surface area contributed by atoms with Crippen molar-refractivity contribution in [2.75, 3.05) is 7.11 Å². The molecule has 1 heteroatoms. The van der Waals surface area contributed by atoms with Crippen molar-refractivity contribution in [3.63, 3.8) is 0 Å². The molecule has 0 saturated carbocycles. The Morgan fingerprint density at radius 3 is 2.14 bits per heavy atom. The number of fused-ring (bicyclic) bond motifs is 1. The fourth-order valence-electron chi connectivity index (χ4n) is 2.70. The lowest BCUT2D eigenvalue weighted by Gasteiger charge is -2.07. The van der Waals surface area contributed by atoms with Crippen LogP contribution in [0.4, 0.5) is 0 Å². The molecule has 0 amide bonds. The monoisotopic (exact) mass is 276 g/mol. The first-order valence-corrected chi connectivity index (χ1v) is 7.47. The van der Waals surface area contributed by atoms with E-state index in [9.17, 15) is 0 Å². The van der Waals surface area contributed by atoms with Crippen molar-refractivity contribution in [2.24, 2.45) is 0 Å². The second-order valence-electron chi connectivity index (χ2n) is 5.37. The summed E-state index contributed by atoms with van der Waals surface area (Å²) in [7, 11) is 1.69. The average molecular weight is 276 g/mol. The number of aryl methyl sites for hydroxylation is 1. The molecule has 0 spiro atoms. The molecule has 0 fully saturated rings. The lowest BCUT2D eigenvalue weighted by molar-refractivity contribution is 0.415. The Morgan fingerprint density at radius 2 is 1.43 bits per heavy atom. The Bertz CT molecular complexity index is 741. The molecular weight excluding hydrogens is 256 g/mol. The van der Waals surface area contributed by atoms with Gasteiger partial charge in [-0.25, -0.2) is 0 Å². The standard InChI is InChI=1S/C20H20O/c1-3-4-15-5-6-19-14-18(8-7-17(19)13-15)16-9-11-20(21-2)12-10-16/h5-14H,3-4H2,1-2H3. The number of methoxy groups -OCH3 is 1. The zero-order chi connectivity index (χ0) is 14.7. The average Bonchev–Trinajstić information content (AvgIpc) is 2.55. The Kier molecular flexibility index (Phi) is 3.92. The van der Waals surface area contributed by atoms with E-state index in [2.05, 4.69) is 55.5 Å². The van der Waals surface area contributed by atoms with E-state index in [-0.39, 0.29) is 0 Å². The largest absolute Gasteiger partial charge is 0.497 e. The molecule has 0 radical (unpaired) electrons. The highest BCUT2D eigenvalue weighted by atomic mass is 16.5. The normalized spacial score (nSPS) is 10.8. The molecule has 0 aliphatic rings. The Balaban J connectivity index is 1.98. The predicted molar refractivity (Wildman–Crippen MR) is 89.9 cm³/mol. The lowest BCUT2D eigenvalue weighted by atomic mass is 9.99. The first-order chi connectivity index (χ1) is 10.3. The predicted octanol–water partition coefficient (Wildman–Crippen LogP) is 5.47. The van der Waals surface area contributed by atoms with Crippen molar-refractivity contribution < 1.29 is 4.74 Å². The van der Waals surface area contributed by atoms with E-state index in [1.54, 1.807) is 7.11 Å². The van der Waals surface area contributed by atoms with Crippen molar-refractivity contribution in [1.29, 1.82) is 0 Å². The molecule has 0 heterocycles. The van der Waals surface area contributed by atoms with Crippen LogP contribution in [0.15, 0.2) is 60.7 Å². The maximum atomic E-state index is 5.21. The van der Waals surface area contributed by atoms with E-state index in [1.807, 2.05) is 12.1 Å². The molecule has 0 aliphatic heterocycles. The molecule has 0 saturated heterocycles. The molecule has 0 aliphatic carbocycles. The van der Waals surface area contributed by atoms with Gasteiger partial charge in [0.15, 0.2) is 0 Å². The fourth-order valence-corrected chi connectivity index (χ4v) is 2.70. The van der Waals surface area contributed by atoms with Crippen LogP contribution in [0.5, 0.6) is 5.75 Å². The first-order valence-electron chi connectivity index (χ1n) is 7.47. The summed E-state index contributed by atoms with van der Waals surface area (Å²) in [6, 6.07) is 21.7. The van der Waals surface area contributed by atoms with Crippen LogP contribution in [0.25, 0.3) is 21.9 Å². The third-order valence-electron chi connectivity index (χ3n) is 3.87. The van der Waals surface area contributed by atoms with Crippen LogP contribution in [-0.4, -0.2) is 7.11 Å². The first kappa shape index (κ1) is 13.7. The summed E-state index contributed by atoms with van der Waals surface area (Å²) in [6.45, 7) is 2.22.